The van der Waals surface area contributed by atoms with E-state index in [1.807, 2.05) is 20.8 Å². The van der Waals surface area contributed by atoms with Gasteiger partial charge in [0.05, 0.1) is 9.39 Å². The molecule has 0 amide bonds. The second kappa shape index (κ2) is 9.23. The van der Waals surface area contributed by atoms with Crippen LogP contribution in [0, 0.1) is 0 Å². The van der Waals surface area contributed by atoms with Crippen LogP contribution in [0.15, 0.2) is 9.85 Å². The van der Waals surface area contributed by atoms with Crippen LogP contribution in [0.25, 0.3) is 0 Å². The first-order valence-corrected chi connectivity index (χ1v) is 9.15. The summed E-state index contributed by atoms with van der Waals surface area (Å²) in [6.45, 7) is 5.77. The highest BCUT2D eigenvalue weighted by atomic mass is 79.9. The molecule has 0 saturated heterocycles. The molecule has 6 N–H and O–H groups in total. The number of carboxylic acids is 1. The van der Waals surface area contributed by atoms with Crippen molar-refractivity contribution in [3.05, 3.63) is 20.3 Å². The lowest BCUT2D eigenvalue weighted by Crippen LogP contribution is -2.45. The monoisotopic (exact) mass is 424 g/mol. The second-order valence-corrected chi connectivity index (χ2v) is 8.88. The average Bonchev–Trinajstić information content (AvgIpc) is 2.77. The molecule has 9 heteroatoms. The standard InChI is InChI=1S/C15H25BrN2O5S/c1-15(2,3)23-11(19)5-4-9(13(17)20)18-7-8-6-10(16)24-12(8)14(21)22/h6,9,11,13,18-20H,4-5,7,17H2,1-3H3,(H,21,22)/t9-,11-,13-/m0/s1. The lowest BCUT2D eigenvalue weighted by molar-refractivity contribution is -0.169. The van der Waals surface area contributed by atoms with Gasteiger partial charge in [0.15, 0.2) is 6.29 Å². The lowest BCUT2D eigenvalue weighted by Gasteiger charge is -2.26. The van der Waals surface area contributed by atoms with Crippen molar-refractivity contribution in [1.29, 1.82) is 0 Å². The first-order chi connectivity index (χ1) is 11.0. The summed E-state index contributed by atoms with van der Waals surface area (Å²) in [5.74, 6) is -0.999. The van der Waals surface area contributed by atoms with Gasteiger partial charge in [0.2, 0.25) is 0 Å². The van der Waals surface area contributed by atoms with Crippen LogP contribution in [0.1, 0.15) is 48.8 Å². The molecule has 0 aliphatic heterocycles. The number of aliphatic hydroxyl groups is 2. The van der Waals surface area contributed by atoms with Gasteiger partial charge in [0, 0.05) is 12.6 Å². The van der Waals surface area contributed by atoms with Crippen LogP contribution in [-0.2, 0) is 11.3 Å². The molecule has 1 aromatic rings. The number of carbonyl (C=O) groups is 1. The minimum atomic E-state index is -1.14. The van der Waals surface area contributed by atoms with Gasteiger partial charge in [0.1, 0.15) is 11.1 Å². The highest BCUT2D eigenvalue weighted by molar-refractivity contribution is 9.11. The van der Waals surface area contributed by atoms with Gasteiger partial charge >= 0.3 is 5.97 Å². The third-order valence-corrected chi connectivity index (χ3v) is 4.82. The second-order valence-electron chi connectivity index (χ2n) is 6.45. The van der Waals surface area contributed by atoms with Gasteiger partial charge in [-0.25, -0.2) is 4.79 Å². The molecule has 0 aliphatic carbocycles. The Hall–Kier alpha value is -0.550. The smallest absolute Gasteiger partial charge is 0.346 e. The van der Waals surface area contributed by atoms with Crippen molar-refractivity contribution in [3.8, 4) is 0 Å². The minimum Gasteiger partial charge on any atom is -0.477 e. The Morgan fingerprint density at radius 2 is 2.04 bits per heavy atom. The minimum absolute atomic E-state index is 0.232. The number of halogens is 1. The molecule has 0 fully saturated rings. The van der Waals surface area contributed by atoms with Crippen LogP contribution in [0.4, 0.5) is 0 Å². The number of aliphatic hydroxyl groups excluding tert-OH is 2. The van der Waals surface area contributed by atoms with E-state index in [1.54, 1.807) is 6.07 Å². The van der Waals surface area contributed by atoms with Crippen molar-refractivity contribution in [2.75, 3.05) is 0 Å². The van der Waals surface area contributed by atoms with Crippen molar-refractivity contribution in [2.24, 2.45) is 5.73 Å². The number of rotatable bonds is 9. The Morgan fingerprint density at radius 1 is 1.42 bits per heavy atom. The third kappa shape index (κ3) is 7.56. The van der Waals surface area contributed by atoms with E-state index in [0.29, 0.717) is 18.4 Å². The predicted octanol–water partition coefficient (Wildman–Crippen LogP) is 1.86. The molecular weight excluding hydrogens is 400 g/mol. The predicted molar refractivity (Wildman–Crippen MR) is 95.9 cm³/mol. The topological polar surface area (TPSA) is 125 Å². The fourth-order valence-electron chi connectivity index (χ4n) is 2.13. The van der Waals surface area contributed by atoms with E-state index in [9.17, 15) is 20.1 Å². The average molecular weight is 425 g/mol. The Kier molecular flexibility index (Phi) is 8.27. The Morgan fingerprint density at radius 3 is 2.54 bits per heavy atom. The first kappa shape index (κ1) is 21.5. The SMILES string of the molecule is CC(C)(C)O[C@H](O)CC[C@H](NCc1cc(Br)sc1C(=O)O)[C@@H](N)O. The van der Waals surface area contributed by atoms with E-state index < -0.39 is 30.1 Å². The number of aromatic carboxylic acids is 1. The molecular formula is C15H25BrN2O5S. The zero-order valence-corrected chi connectivity index (χ0v) is 16.4. The molecule has 0 bridgehead atoms. The number of thiophene rings is 1. The van der Waals surface area contributed by atoms with Crippen LogP contribution in [0.2, 0.25) is 0 Å². The van der Waals surface area contributed by atoms with Crippen molar-refractivity contribution in [2.45, 2.75) is 64.3 Å². The van der Waals surface area contributed by atoms with Crippen molar-refractivity contribution in [1.82, 2.24) is 5.32 Å². The van der Waals surface area contributed by atoms with Gasteiger partial charge < -0.3 is 31.1 Å². The van der Waals surface area contributed by atoms with Crippen LogP contribution in [0.3, 0.4) is 0 Å². The summed E-state index contributed by atoms with van der Waals surface area (Å²) >= 11 is 4.40. The van der Waals surface area contributed by atoms with Gasteiger partial charge in [-0.3, -0.25) is 0 Å². The van der Waals surface area contributed by atoms with Crippen LogP contribution in [-0.4, -0.2) is 45.4 Å². The molecule has 1 heterocycles. The number of hydrogen-bond acceptors (Lipinski definition) is 7. The Labute approximate surface area is 154 Å². The fraction of sp³-hybridized carbons (Fsp3) is 0.667. The molecule has 0 saturated carbocycles. The summed E-state index contributed by atoms with van der Waals surface area (Å²) in [4.78, 5) is 11.4. The Balaban J connectivity index is 2.60. The summed E-state index contributed by atoms with van der Waals surface area (Å²) in [5, 5.41) is 31.8. The molecule has 138 valence electrons. The van der Waals surface area contributed by atoms with E-state index in [4.69, 9.17) is 10.5 Å². The van der Waals surface area contributed by atoms with Crippen LogP contribution in [0.5, 0.6) is 0 Å². The molecule has 1 aromatic heterocycles. The van der Waals surface area contributed by atoms with Crippen LogP contribution < -0.4 is 11.1 Å². The molecule has 0 unspecified atom stereocenters. The zero-order valence-electron chi connectivity index (χ0n) is 14.0. The molecule has 7 nitrogen and oxygen atoms in total. The maximum absolute atomic E-state index is 11.2. The molecule has 24 heavy (non-hydrogen) atoms. The molecule has 0 spiro atoms. The van der Waals surface area contributed by atoms with E-state index in [2.05, 4.69) is 21.2 Å². The summed E-state index contributed by atoms with van der Waals surface area (Å²) in [5.41, 5.74) is 5.70. The van der Waals surface area contributed by atoms with Crippen molar-refractivity contribution >= 4 is 33.2 Å². The van der Waals surface area contributed by atoms with E-state index in [0.717, 1.165) is 15.1 Å². The molecule has 0 radical (unpaired) electrons. The van der Waals surface area contributed by atoms with Crippen molar-refractivity contribution in [3.63, 3.8) is 0 Å². The summed E-state index contributed by atoms with van der Waals surface area (Å²) in [6.07, 6.45) is -1.43. The van der Waals surface area contributed by atoms with Gasteiger partial charge in [-0.05, 0) is 61.2 Å². The van der Waals surface area contributed by atoms with Crippen LogP contribution >= 0.6 is 27.3 Å². The summed E-state index contributed by atoms with van der Waals surface area (Å²) < 4.78 is 6.13. The van der Waals surface area contributed by atoms with Gasteiger partial charge in [-0.15, -0.1) is 11.3 Å². The molecule has 1 rings (SSSR count). The number of hydrogen-bond donors (Lipinski definition) is 5. The van der Waals surface area contributed by atoms with Gasteiger partial charge in [-0.2, -0.15) is 0 Å². The summed E-state index contributed by atoms with van der Waals surface area (Å²) in [7, 11) is 0. The highest BCUT2D eigenvalue weighted by Gasteiger charge is 2.22. The maximum atomic E-state index is 11.2. The number of nitrogens with one attached hydrogen (secondary N) is 1. The molecule has 3 atom stereocenters. The van der Waals surface area contributed by atoms with Gasteiger partial charge in [-0.1, -0.05) is 0 Å². The summed E-state index contributed by atoms with van der Waals surface area (Å²) in [6, 6.07) is 1.22. The van der Waals surface area contributed by atoms with E-state index in [1.165, 1.54) is 0 Å². The number of nitrogens with two attached hydrogens (primary N) is 1. The fourth-order valence-corrected chi connectivity index (χ4v) is 3.64. The molecule has 0 aromatic carbocycles. The highest BCUT2D eigenvalue weighted by Crippen LogP contribution is 2.27. The third-order valence-electron chi connectivity index (χ3n) is 3.15. The first-order valence-electron chi connectivity index (χ1n) is 7.54. The van der Waals surface area contributed by atoms with Gasteiger partial charge in [0.25, 0.3) is 0 Å². The van der Waals surface area contributed by atoms with E-state index >= 15 is 0 Å². The Bertz CT molecular complexity index is 544. The number of carboxylic acid groups (broad SMARTS) is 1. The maximum Gasteiger partial charge on any atom is 0.346 e. The lowest BCUT2D eigenvalue weighted by atomic mass is 10.1. The largest absolute Gasteiger partial charge is 0.477 e. The quantitative estimate of drug-likeness (QED) is 0.383. The van der Waals surface area contributed by atoms with Crippen molar-refractivity contribution < 1.29 is 24.9 Å². The molecule has 0 aliphatic rings. The normalized spacial score (nSPS) is 16.0. The zero-order chi connectivity index (χ0) is 18.5. The number of ether oxygens (including phenoxy) is 1. The van der Waals surface area contributed by atoms with E-state index in [-0.39, 0.29) is 11.4 Å².